The van der Waals surface area contributed by atoms with Crippen LogP contribution in [0.2, 0.25) is 0 Å². The summed E-state index contributed by atoms with van der Waals surface area (Å²) in [6.45, 7) is 1.64. The quantitative estimate of drug-likeness (QED) is 0.468. The minimum absolute atomic E-state index is 0. The normalized spacial score (nSPS) is 17.8. The lowest BCUT2D eigenvalue weighted by Gasteiger charge is -2.25. The van der Waals surface area contributed by atoms with Gasteiger partial charge in [0.05, 0.1) is 12.8 Å². The molecule has 1 aliphatic heterocycles. The molecular formula is C14H20IN5O. The molecule has 1 unspecified atom stereocenters. The Labute approximate surface area is 141 Å². The Bertz CT molecular complexity index is 578. The minimum Gasteiger partial charge on any atom is -0.467 e. The number of rotatable bonds is 3. The molecule has 0 saturated carbocycles. The van der Waals surface area contributed by atoms with Crippen LogP contribution in [0.25, 0.3) is 0 Å². The summed E-state index contributed by atoms with van der Waals surface area (Å²) < 4.78 is 7.50. The van der Waals surface area contributed by atoms with Crippen LogP contribution in [0, 0.1) is 0 Å². The van der Waals surface area contributed by atoms with Crippen molar-refractivity contribution in [2.45, 2.75) is 32.0 Å². The topological polar surface area (TPSA) is 67.4 Å². The fourth-order valence-corrected chi connectivity index (χ4v) is 2.45. The van der Waals surface area contributed by atoms with E-state index in [-0.39, 0.29) is 24.0 Å². The zero-order valence-electron chi connectivity index (χ0n) is 12.0. The Morgan fingerprint density at radius 2 is 2.48 bits per heavy atom. The van der Waals surface area contributed by atoms with Crippen molar-refractivity contribution in [1.82, 2.24) is 20.2 Å². The largest absolute Gasteiger partial charge is 0.467 e. The fraction of sp³-hybridized carbons (Fsp3) is 0.429. The molecule has 0 aliphatic carbocycles. The SMILES string of the molecule is CN=C(NCc1ccco1)NC1CCn2ccnc2C1.I. The highest BCUT2D eigenvalue weighted by molar-refractivity contribution is 14.0. The van der Waals surface area contributed by atoms with Crippen molar-refractivity contribution in [1.29, 1.82) is 0 Å². The van der Waals surface area contributed by atoms with Crippen LogP contribution < -0.4 is 10.6 Å². The van der Waals surface area contributed by atoms with Crippen molar-refractivity contribution in [2.24, 2.45) is 4.99 Å². The van der Waals surface area contributed by atoms with E-state index in [0.29, 0.717) is 12.6 Å². The molecule has 0 fully saturated rings. The molecule has 0 aromatic carbocycles. The van der Waals surface area contributed by atoms with Gasteiger partial charge in [-0.25, -0.2) is 4.98 Å². The molecule has 6 nitrogen and oxygen atoms in total. The Balaban J connectivity index is 0.00000161. The molecule has 3 heterocycles. The molecule has 0 bridgehead atoms. The van der Waals surface area contributed by atoms with Gasteiger partial charge in [0, 0.05) is 38.4 Å². The highest BCUT2D eigenvalue weighted by atomic mass is 127. The molecule has 0 radical (unpaired) electrons. The second-order valence-corrected chi connectivity index (χ2v) is 4.88. The minimum atomic E-state index is 0. The first kappa shape index (κ1) is 15.9. The number of imidazole rings is 1. The summed E-state index contributed by atoms with van der Waals surface area (Å²) in [5.41, 5.74) is 0. The number of nitrogens with zero attached hydrogens (tertiary/aromatic N) is 3. The number of fused-ring (bicyclic) bond motifs is 1. The van der Waals surface area contributed by atoms with Crippen LogP contribution in [0.15, 0.2) is 40.2 Å². The highest BCUT2D eigenvalue weighted by Gasteiger charge is 2.19. The van der Waals surface area contributed by atoms with E-state index >= 15 is 0 Å². The first-order valence-corrected chi connectivity index (χ1v) is 6.84. The van der Waals surface area contributed by atoms with Gasteiger partial charge in [-0.1, -0.05) is 0 Å². The maximum Gasteiger partial charge on any atom is 0.191 e. The molecule has 1 aliphatic rings. The lowest BCUT2D eigenvalue weighted by molar-refractivity contribution is 0.430. The molecule has 21 heavy (non-hydrogen) atoms. The summed E-state index contributed by atoms with van der Waals surface area (Å²) in [6, 6.07) is 4.19. The lowest BCUT2D eigenvalue weighted by atomic mass is 10.1. The van der Waals surface area contributed by atoms with E-state index in [1.54, 1.807) is 13.3 Å². The van der Waals surface area contributed by atoms with Crippen LogP contribution in [0.1, 0.15) is 18.0 Å². The number of hydrogen-bond acceptors (Lipinski definition) is 3. The molecule has 2 N–H and O–H groups in total. The summed E-state index contributed by atoms with van der Waals surface area (Å²) >= 11 is 0. The molecule has 1 atom stereocenters. The number of aromatic nitrogens is 2. The van der Waals surface area contributed by atoms with Crippen molar-refractivity contribution in [3.8, 4) is 0 Å². The number of halogens is 1. The summed E-state index contributed by atoms with van der Waals surface area (Å²) in [5.74, 6) is 2.83. The van der Waals surface area contributed by atoms with Gasteiger partial charge in [0.15, 0.2) is 5.96 Å². The van der Waals surface area contributed by atoms with Gasteiger partial charge in [-0.05, 0) is 18.6 Å². The van der Waals surface area contributed by atoms with E-state index in [0.717, 1.165) is 36.9 Å². The van der Waals surface area contributed by atoms with Crippen molar-refractivity contribution < 1.29 is 4.42 Å². The second kappa shape index (κ2) is 7.48. The highest BCUT2D eigenvalue weighted by Crippen LogP contribution is 2.12. The first-order valence-electron chi connectivity index (χ1n) is 6.84. The van der Waals surface area contributed by atoms with Gasteiger partial charge >= 0.3 is 0 Å². The Morgan fingerprint density at radius 3 is 3.24 bits per heavy atom. The number of nitrogens with one attached hydrogen (secondary N) is 2. The number of guanidine groups is 1. The maximum atomic E-state index is 5.30. The van der Waals surface area contributed by atoms with E-state index in [9.17, 15) is 0 Å². The zero-order valence-corrected chi connectivity index (χ0v) is 14.3. The average Bonchev–Trinajstić information content (AvgIpc) is 3.13. The maximum absolute atomic E-state index is 5.30. The lowest BCUT2D eigenvalue weighted by Crippen LogP contribution is -2.46. The molecule has 2 aromatic rings. The fourth-order valence-electron chi connectivity index (χ4n) is 2.45. The molecule has 114 valence electrons. The third-order valence-corrected chi connectivity index (χ3v) is 3.52. The zero-order chi connectivity index (χ0) is 13.8. The van der Waals surface area contributed by atoms with Crippen molar-refractivity contribution >= 4 is 29.9 Å². The molecule has 3 rings (SSSR count). The first-order chi connectivity index (χ1) is 9.85. The summed E-state index contributed by atoms with van der Waals surface area (Å²) in [5, 5.41) is 6.70. The molecule has 0 saturated heterocycles. The molecular weight excluding hydrogens is 381 g/mol. The number of aryl methyl sites for hydroxylation is 1. The van der Waals surface area contributed by atoms with Gasteiger partial charge < -0.3 is 19.6 Å². The number of aliphatic imine (C=N–C) groups is 1. The standard InChI is InChI=1S/C14H19N5O.HI/c1-15-14(17-10-12-3-2-8-20-12)18-11-4-6-19-7-5-16-13(19)9-11;/h2-3,5,7-8,11H,4,6,9-10H2,1H3,(H2,15,17,18);1H. The van der Waals surface area contributed by atoms with Gasteiger partial charge in [0.1, 0.15) is 11.6 Å². The monoisotopic (exact) mass is 401 g/mol. The Kier molecular flexibility index (Phi) is 5.66. The van der Waals surface area contributed by atoms with Crippen LogP contribution in [0.3, 0.4) is 0 Å². The molecule has 7 heteroatoms. The van der Waals surface area contributed by atoms with Crippen LogP contribution in [0.4, 0.5) is 0 Å². The van der Waals surface area contributed by atoms with Crippen molar-refractivity contribution in [3.05, 3.63) is 42.4 Å². The van der Waals surface area contributed by atoms with Gasteiger partial charge in [-0.2, -0.15) is 0 Å². The Morgan fingerprint density at radius 1 is 1.57 bits per heavy atom. The summed E-state index contributed by atoms with van der Waals surface area (Å²) in [6.07, 6.45) is 7.57. The van der Waals surface area contributed by atoms with E-state index in [1.165, 1.54) is 0 Å². The Hall–Kier alpha value is -1.51. The van der Waals surface area contributed by atoms with Crippen LogP contribution >= 0.6 is 24.0 Å². The second-order valence-electron chi connectivity index (χ2n) is 4.88. The third-order valence-electron chi connectivity index (χ3n) is 3.52. The van der Waals surface area contributed by atoms with E-state index < -0.39 is 0 Å². The summed E-state index contributed by atoms with van der Waals surface area (Å²) in [7, 11) is 1.78. The van der Waals surface area contributed by atoms with Gasteiger partial charge in [-0.3, -0.25) is 4.99 Å². The van der Waals surface area contributed by atoms with Crippen LogP contribution in [-0.4, -0.2) is 28.6 Å². The number of hydrogen-bond donors (Lipinski definition) is 2. The van der Waals surface area contributed by atoms with E-state index in [2.05, 4.69) is 25.2 Å². The predicted octanol–water partition coefficient (Wildman–Crippen LogP) is 1.77. The predicted molar refractivity (Wildman–Crippen MR) is 91.8 cm³/mol. The molecule has 0 amide bonds. The van der Waals surface area contributed by atoms with E-state index in [4.69, 9.17) is 4.42 Å². The van der Waals surface area contributed by atoms with Gasteiger partial charge in [0.25, 0.3) is 0 Å². The van der Waals surface area contributed by atoms with Crippen LogP contribution in [0.5, 0.6) is 0 Å². The molecule has 2 aromatic heterocycles. The van der Waals surface area contributed by atoms with Gasteiger partial charge in [-0.15, -0.1) is 24.0 Å². The van der Waals surface area contributed by atoms with Gasteiger partial charge in [0.2, 0.25) is 0 Å². The van der Waals surface area contributed by atoms with Crippen molar-refractivity contribution in [2.75, 3.05) is 7.05 Å². The average molecular weight is 401 g/mol. The molecule has 0 spiro atoms. The van der Waals surface area contributed by atoms with Crippen LogP contribution in [-0.2, 0) is 19.5 Å². The summed E-state index contributed by atoms with van der Waals surface area (Å²) in [4.78, 5) is 8.63. The third kappa shape index (κ3) is 3.99. The smallest absolute Gasteiger partial charge is 0.191 e. The van der Waals surface area contributed by atoms with E-state index in [1.807, 2.05) is 24.5 Å². The number of furan rings is 1. The van der Waals surface area contributed by atoms with Crippen molar-refractivity contribution in [3.63, 3.8) is 0 Å².